The summed E-state index contributed by atoms with van der Waals surface area (Å²) in [5.41, 5.74) is 1.42. The fourth-order valence-electron chi connectivity index (χ4n) is 2.63. The lowest BCUT2D eigenvalue weighted by Gasteiger charge is -2.27. The van der Waals surface area contributed by atoms with Gasteiger partial charge in [0.25, 0.3) is 0 Å². The summed E-state index contributed by atoms with van der Waals surface area (Å²) in [7, 11) is 0. The molecule has 1 N–H and O–H groups in total. The molecular formula is C16H25NS. The van der Waals surface area contributed by atoms with Crippen molar-refractivity contribution in [3.8, 4) is 0 Å². The van der Waals surface area contributed by atoms with Gasteiger partial charge in [-0.1, -0.05) is 50.6 Å². The van der Waals surface area contributed by atoms with E-state index in [1.54, 1.807) is 0 Å². The molecule has 1 aromatic carbocycles. The first kappa shape index (κ1) is 14.0. The fraction of sp³-hybridized carbons (Fsp3) is 0.625. The zero-order chi connectivity index (χ0) is 12.8. The van der Waals surface area contributed by atoms with E-state index in [0.717, 1.165) is 11.8 Å². The highest BCUT2D eigenvalue weighted by Crippen LogP contribution is 2.26. The molecule has 2 unspecified atom stereocenters. The highest BCUT2D eigenvalue weighted by atomic mass is 32.2. The Kier molecular flexibility index (Phi) is 5.58. The zero-order valence-corrected chi connectivity index (χ0v) is 12.4. The van der Waals surface area contributed by atoms with Crippen LogP contribution in [0, 0.1) is 5.92 Å². The fourth-order valence-corrected chi connectivity index (χ4v) is 3.88. The average Bonchev–Trinajstić information content (AvgIpc) is 2.41. The summed E-state index contributed by atoms with van der Waals surface area (Å²) in [6.45, 7) is 5.76. The van der Waals surface area contributed by atoms with Gasteiger partial charge in [-0.15, -0.1) is 0 Å². The minimum absolute atomic E-state index is 0.494. The molecule has 2 rings (SSSR count). The number of rotatable bonds is 5. The van der Waals surface area contributed by atoms with Crippen LogP contribution in [0.3, 0.4) is 0 Å². The predicted octanol–water partition coefficient (Wildman–Crippen LogP) is 4.26. The Bertz CT molecular complexity index is 330. The van der Waals surface area contributed by atoms with E-state index in [-0.39, 0.29) is 0 Å². The Morgan fingerprint density at radius 2 is 2.00 bits per heavy atom. The van der Waals surface area contributed by atoms with Crippen LogP contribution in [0.5, 0.6) is 0 Å². The van der Waals surface area contributed by atoms with E-state index in [0.29, 0.717) is 12.0 Å². The average molecular weight is 263 g/mol. The number of hydrogen-bond donors (Lipinski definition) is 1. The van der Waals surface area contributed by atoms with Crippen LogP contribution in [0.4, 0.5) is 0 Å². The molecule has 0 spiro atoms. The molecule has 0 amide bonds. The molecule has 1 heterocycles. The molecule has 2 heteroatoms. The number of benzene rings is 1. The molecule has 1 saturated heterocycles. The highest BCUT2D eigenvalue weighted by Gasteiger charge is 2.19. The van der Waals surface area contributed by atoms with Gasteiger partial charge in [0.05, 0.1) is 0 Å². The summed E-state index contributed by atoms with van der Waals surface area (Å²) in [6.07, 6.45) is 4.21. The van der Waals surface area contributed by atoms with Crippen molar-refractivity contribution in [3.63, 3.8) is 0 Å². The topological polar surface area (TPSA) is 12.0 Å². The van der Waals surface area contributed by atoms with Crippen molar-refractivity contribution in [1.29, 1.82) is 0 Å². The second-order valence-corrected chi connectivity index (χ2v) is 6.94. The molecule has 0 saturated carbocycles. The Hall–Kier alpha value is -0.470. The van der Waals surface area contributed by atoms with E-state index in [1.807, 2.05) is 0 Å². The molecule has 0 radical (unpaired) electrons. The molecule has 0 bridgehead atoms. The lowest BCUT2D eigenvalue weighted by molar-refractivity contribution is 0.407. The van der Waals surface area contributed by atoms with Crippen molar-refractivity contribution in [2.45, 2.75) is 44.4 Å². The second-order valence-electron chi connectivity index (χ2n) is 5.53. The molecule has 0 aromatic heterocycles. The van der Waals surface area contributed by atoms with Crippen molar-refractivity contribution in [2.75, 3.05) is 12.3 Å². The number of thioether (sulfide) groups is 1. The first-order valence-electron chi connectivity index (χ1n) is 7.17. The lowest BCUT2D eigenvalue weighted by Crippen LogP contribution is -2.32. The summed E-state index contributed by atoms with van der Waals surface area (Å²) < 4.78 is 0. The van der Waals surface area contributed by atoms with Crippen LogP contribution >= 0.6 is 11.8 Å². The minimum atomic E-state index is 0.494. The lowest BCUT2D eigenvalue weighted by atomic mass is 9.96. The maximum atomic E-state index is 3.78. The van der Waals surface area contributed by atoms with E-state index in [4.69, 9.17) is 0 Å². The van der Waals surface area contributed by atoms with Crippen LogP contribution in [0.15, 0.2) is 30.3 Å². The standard InChI is InChI=1S/C16H25NS/c1-13(2)16(14-8-4-3-5-9-14)17-12-15-10-6-7-11-18-15/h3-5,8-9,13,15-17H,6-7,10-12H2,1-2H3. The van der Waals surface area contributed by atoms with Crippen LogP contribution < -0.4 is 5.32 Å². The molecule has 1 nitrogen and oxygen atoms in total. The van der Waals surface area contributed by atoms with Gasteiger partial charge in [-0.3, -0.25) is 0 Å². The van der Waals surface area contributed by atoms with Gasteiger partial charge in [0.2, 0.25) is 0 Å². The Morgan fingerprint density at radius 1 is 1.22 bits per heavy atom. The molecule has 18 heavy (non-hydrogen) atoms. The second kappa shape index (κ2) is 7.20. The van der Waals surface area contributed by atoms with E-state index >= 15 is 0 Å². The summed E-state index contributed by atoms with van der Waals surface area (Å²) in [6, 6.07) is 11.4. The monoisotopic (exact) mass is 263 g/mol. The van der Waals surface area contributed by atoms with Crippen molar-refractivity contribution < 1.29 is 0 Å². The van der Waals surface area contributed by atoms with Crippen molar-refractivity contribution in [2.24, 2.45) is 5.92 Å². The van der Waals surface area contributed by atoms with E-state index in [2.05, 4.69) is 61.3 Å². The highest BCUT2D eigenvalue weighted by molar-refractivity contribution is 7.99. The summed E-state index contributed by atoms with van der Waals surface area (Å²) in [5, 5.41) is 4.61. The van der Waals surface area contributed by atoms with Gasteiger partial charge in [-0.2, -0.15) is 11.8 Å². The van der Waals surface area contributed by atoms with Gasteiger partial charge < -0.3 is 5.32 Å². The third-order valence-corrected chi connectivity index (χ3v) is 5.06. The van der Waals surface area contributed by atoms with Gasteiger partial charge in [0, 0.05) is 17.8 Å². The summed E-state index contributed by atoms with van der Waals surface area (Å²) in [4.78, 5) is 0. The molecule has 2 atom stereocenters. The quantitative estimate of drug-likeness (QED) is 0.852. The molecule has 100 valence electrons. The van der Waals surface area contributed by atoms with Crippen LogP contribution in [-0.4, -0.2) is 17.5 Å². The predicted molar refractivity (Wildman–Crippen MR) is 82.1 cm³/mol. The Labute approximate surface area is 116 Å². The maximum absolute atomic E-state index is 3.78. The molecule has 0 aliphatic carbocycles. The smallest absolute Gasteiger partial charge is 0.0343 e. The van der Waals surface area contributed by atoms with Crippen LogP contribution in [0.25, 0.3) is 0 Å². The molecule has 1 aliphatic rings. The minimum Gasteiger partial charge on any atom is -0.309 e. The molecule has 1 aromatic rings. The van der Waals surface area contributed by atoms with Crippen molar-refractivity contribution in [1.82, 2.24) is 5.32 Å². The van der Waals surface area contributed by atoms with Gasteiger partial charge in [-0.25, -0.2) is 0 Å². The van der Waals surface area contributed by atoms with Crippen molar-refractivity contribution >= 4 is 11.8 Å². The van der Waals surface area contributed by atoms with Gasteiger partial charge in [-0.05, 0) is 30.1 Å². The van der Waals surface area contributed by atoms with Crippen LogP contribution in [0.2, 0.25) is 0 Å². The van der Waals surface area contributed by atoms with Gasteiger partial charge in [0.15, 0.2) is 0 Å². The number of nitrogens with one attached hydrogen (secondary N) is 1. The first-order valence-corrected chi connectivity index (χ1v) is 8.22. The summed E-state index contributed by atoms with van der Waals surface area (Å²) >= 11 is 2.15. The Balaban J connectivity index is 1.90. The first-order chi connectivity index (χ1) is 8.77. The van der Waals surface area contributed by atoms with Gasteiger partial charge >= 0.3 is 0 Å². The van der Waals surface area contributed by atoms with E-state index in [1.165, 1.54) is 30.6 Å². The Morgan fingerprint density at radius 3 is 2.61 bits per heavy atom. The largest absolute Gasteiger partial charge is 0.309 e. The molecule has 1 aliphatic heterocycles. The van der Waals surface area contributed by atoms with E-state index in [9.17, 15) is 0 Å². The van der Waals surface area contributed by atoms with Crippen molar-refractivity contribution in [3.05, 3.63) is 35.9 Å². The maximum Gasteiger partial charge on any atom is 0.0343 e. The van der Waals surface area contributed by atoms with Gasteiger partial charge in [0.1, 0.15) is 0 Å². The third kappa shape index (κ3) is 4.03. The SMILES string of the molecule is CC(C)C(NCC1CCCCS1)c1ccccc1. The van der Waals surface area contributed by atoms with E-state index < -0.39 is 0 Å². The molecular weight excluding hydrogens is 238 g/mol. The summed E-state index contributed by atoms with van der Waals surface area (Å²) in [5.74, 6) is 1.99. The van der Waals surface area contributed by atoms with Crippen LogP contribution in [-0.2, 0) is 0 Å². The zero-order valence-electron chi connectivity index (χ0n) is 11.6. The molecule has 1 fully saturated rings. The third-order valence-electron chi connectivity index (χ3n) is 3.66. The number of hydrogen-bond acceptors (Lipinski definition) is 2. The normalized spacial score (nSPS) is 22.1. The van der Waals surface area contributed by atoms with Crippen LogP contribution in [0.1, 0.15) is 44.7 Å².